The monoisotopic (exact) mass is 259 g/mol. The molecule has 0 unspecified atom stereocenters. The fourth-order valence-electron chi connectivity index (χ4n) is 2.40. The van der Waals surface area contributed by atoms with E-state index in [4.69, 9.17) is 5.73 Å². The number of thiazole rings is 1. The molecule has 2 N–H and O–H groups in total. The third-order valence-electron chi connectivity index (χ3n) is 3.34. The molecule has 1 aromatic heterocycles. The van der Waals surface area contributed by atoms with E-state index < -0.39 is 0 Å². The van der Waals surface area contributed by atoms with Gasteiger partial charge in [-0.2, -0.15) is 0 Å². The zero-order chi connectivity index (χ0) is 12.4. The molecule has 4 heteroatoms. The third-order valence-corrected chi connectivity index (χ3v) is 4.25. The fraction of sp³-hybridized carbons (Fsp3) is 0.357. The van der Waals surface area contributed by atoms with Crippen LogP contribution in [0.4, 0.5) is 10.8 Å². The van der Waals surface area contributed by atoms with Gasteiger partial charge in [0.2, 0.25) is 0 Å². The van der Waals surface area contributed by atoms with Gasteiger partial charge >= 0.3 is 0 Å². The maximum atomic E-state index is 5.64. The number of benzene rings is 1. The molecule has 2 aromatic rings. The minimum absolute atomic E-state index is 0.520. The first kappa shape index (κ1) is 11.7. The Morgan fingerprint density at radius 2 is 2.17 bits per heavy atom. The average Bonchev–Trinajstić information content (AvgIpc) is 2.78. The van der Waals surface area contributed by atoms with Crippen molar-refractivity contribution in [3.8, 4) is 0 Å². The van der Waals surface area contributed by atoms with Crippen LogP contribution in [0.15, 0.2) is 29.6 Å². The summed E-state index contributed by atoms with van der Waals surface area (Å²) in [5.74, 6) is 0. The van der Waals surface area contributed by atoms with Crippen LogP contribution in [0.1, 0.15) is 24.1 Å². The lowest BCUT2D eigenvalue weighted by atomic mass is 10.1. The van der Waals surface area contributed by atoms with Gasteiger partial charge in [0.25, 0.3) is 0 Å². The highest BCUT2D eigenvalue weighted by molar-refractivity contribution is 7.13. The van der Waals surface area contributed by atoms with E-state index in [1.807, 2.05) is 0 Å². The van der Waals surface area contributed by atoms with Crippen LogP contribution >= 0.6 is 11.3 Å². The second-order valence-electron chi connectivity index (χ2n) is 4.56. The van der Waals surface area contributed by atoms with E-state index in [9.17, 15) is 0 Å². The molecular weight excluding hydrogens is 242 g/mol. The van der Waals surface area contributed by atoms with Crippen LogP contribution in [0, 0.1) is 0 Å². The summed E-state index contributed by atoms with van der Waals surface area (Å²) in [5.41, 5.74) is 9.37. The normalized spacial score (nSPS) is 15.3. The summed E-state index contributed by atoms with van der Waals surface area (Å²) in [5, 5.41) is 3.13. The van der Waals surface area contributed by atoms with Gasteiger partial charge in [-0.15, -0.1) is 11.3 Å². The summed E-state index contributed by atoms with van der Waals surface area (Å²) in [4.78, 5) is 6.95. The lowest BCUT2D eigenvalue weighted by Gasteiger charge is -2.21. The number of fused-ring (bicyclic) bond motifs is 1. The van der Waals surface area contributed by atoms with Crippen molar-refractivity contribution >= 4 is 22.2 Å². The predicted molar refractivity (Wildman–Crippen MR) is 76.4 cm³/mol. The number of nitrogens with zero attached hydrogens (tertiary/aromatic N) is 2. The molecule has 0 fully saturated rings. The number of hydrogen-bond acceptors (Lipinski definition) is 4. The van der Waals surface area contributed by atoms with Gasteiger partial charge in [-0.3, -0.25) is 0 Å². The van der Waals surface area contributed by atoms with Crippen molar-refractivity contribution < 1.29 is 0 Å². The van der Waals surface area contributed by atoms with E-state index >= 15 is 0 Å². The molecule has 1 aliphatic heterocycles. The standard InChI is InChI=1S/C14H17N3S/c15-9-12-10-18-14(16-12)17-8-4-3-6-11-5-1-2-7-13(11)17/h1-2,5,7,10H,3-4,6,8-9,15H2. The van der Waals surface area contributed by atoms with Gasteiger partial charge < -0.3 is 10.6 Å². The van der Waals surface area contributed by atoms with Crippen molar-refractivity contribution in [3.05, 3.63) is 40.9 Å². The Hall–Kier alpha value is -1.39. The quantitative estimate of drug-likeness (QED) is 0.901. The lowest BCUT2D eigenvalue weighted by Crippen LogP contribution is -2.17. The molecule has 18 heavy (non-hydrogen) atoms. The van der Waals surface area contributed by atoms with Gasteiger partial charge in [-0.1, -0.05) is 18.2 Å². The Kier molecular flexibility index (Phi) is 3.30. The van der Waals surface area contributed by atoms with E-state index in [1.165, 1.54) is 30.5 Å². The maximum Gasteiger partial charge on any atom is 0.190 e. The van der Waals surface area contributed by atoms with E-state index in [1.54, 1.807) is 11.3 Å². The topological polar surface area (TPSA) is 42.1 Å². The SMILES string of the molecule is NCc1csc(N2CCCCc3ccccc32)n1. The van der Waals surface area contributed by atoms with Gasteiger partial charge in [-0.25, -0.2) is 4.98 Å². The molecule has 2 heterocycles. The Morgan fingerprint density at radius 3 is 3.00 bits per heavy atom. The van der Waals surface area contributed by atoms with Gasteiger partial charge in [0.1, 0.15) is 0 Å². The summed E-state index contributed by atoms with van der Waals surface area (Å²) < 4.78 is 0. The van der Waals surface area contributed by atoms with Crippen molar-refractivity contribution in [1.29, 1.82) is 0 Å². The number of hydrogen-bond donors (Lipinski definition) is 1. The average molecular weight is 259 g/mol. The highest BCUT2D eigenvalue weighted by Gasteiger charge is 2.18. The van der Waals surface area contributed by atoms with Crippen LogP contribution in [0.3, 0.4) is 0 Å². The van der Waals surface area contributed by atoms with Crippen molar-refractivity contribution in [2.75, 3.05) is 11.4 Å². The van der Waals surface area contributed by atoms with Crippen LogP contribution < -0.4 is 10.6 Å². The summed E-state index contributed by atoms with van der Waals surface area (Å²) in [6, 6.07) is 8.65. The van der Waals surface area contributed by atoms with Crippen LogP contribution in [-0.4, -0.2) is 11.5 Å². The Bertz CT molecular complexity index is 535. The molecule has 94 valence electrons. The third kappa shape index (κ3) is 2.13. The number of aromatic nitrogens is 1. The Labute approximate surface area is 111 Å². The number of rotatable bonds is 2. The molecule has 0 saturated carbocycles. The minimum atomic E-state index is 0.520. The first-order chi connectivity index (χ1) is 8.88. The van der Waals surface area contributed by atoms with Crippen molar-refractivity contribution in [2.24, 2.45) is 5.73 Å². The van der Waals surface area contributed by atoms with Crippen molar-refractivity contribution in [3.63, 3.8) is 0 Å². The summed E-state index contributed by atoms with van der Waals surface area (Å²) in [6.45, 7) is 1.57. The van der Waals surface area contributed by atoms with Gasteiger partial charge in [-0.05, 0) is 30.9 Å². The van der Waals surface area contributed by atoms with E-state index in [0.717, 1.165) is 17.4 Å². The molecular formula is C14H17N3S. The van der Waals surface area contributed by atoms with Crippen LogP contribution in [0.25, 0.3) is 0 Å². The fourth-order valence-corrected chi connectivity index (χ4v) is 3.28. The van der Waals surface area contributed by atoms with Crippen LogP contribution in [0.5, 0.6) is 0 Å². The molecule has 0 bridgehead atoms. The van der Waals surface area contributed by atoms with Gasteiger partial charge in [0.15, 0.2) is 5.13 Å². The zero-order valence-corrected chi connectivity index (χ0v) is 11.1. The van der Waals surface area contributed by atoms with Crippen molar-refractivity contribution in [2.45, 2.75) is 25.8 Å². The smallest absolute Gasteiger partial charge is 0.190 e. The number of para-hydroxylation sites is 1. The van der Waals surface area contributed by atoms with Crippen LogP contribution in [0.2, 0.25) is 0 Å². The molecule has 3 nitrogen and oxygen atoms in total. The lowest BCUT2D eigenvalue weighted by molar-refractivity contribution is 0.759. The van der Waals surface area contributed by atoms with Crippen LogP contribution in [-0.2, 0) is 13.0 Å². The highest BCUT2D eigenvalue weighted by atomic mass is 32.1. The Morgan fingerprint density at radius 1 is 1.28 bits per heavy atom. The molecule has 0 aliphatic carbocycles. The molecule has 0 radical (unpaired) electrons. The number of anilines is 2. The summed E-state index contributed by atoms with van der Waals surface area (Å²) in [6.07, 6.45) is 3.64. The minimum Gasteiger partial charge on any atom is -0.325 e. The van der Waals surface area contributed by atoms with Gasteiger partial charge in [0, 0.05) is 24.2 Å². The van der Waals surface area contributed by atoms with Gasteiger partial charge in [0.05, 0.1) is 5.69 Å². The molecule has 1 aromatic carbocycles. The van der Waals surface area contributed by atoms with E-state index in [0.29, 0.717) is 6.54 Å². The molecule has 0 spiro atoms. The first-order valence-electron chi connectivity index (χ1n) is 6.38. The molecule has 1 aliphatic rings. The molecule has 0 atom stereocenters. The van der Waals surface area contributed by atoms with Crippen molar-refractivity contribution in [1.82, 2.24) is 4.98 Å². The molecule has 0 amide bonds. The Balaban J connectivity index is 2.00. The second kappa shape index (κ2) is 5.08. The summed E-state index contributed by atoms with van der Waals surface area (Å²) in [7, 11) is 0. The zero-order valence-electron chi connectivity index (χ0n) is 10.3. The van der Waals surface area contributed by atoms with E-state index in [-0.39, 0.29) is 0 Å². The predicted octanol–water partition coefficient (Wildman–Crippen LogP) is 3.08. The van der Waals surface area contributed by atoms with E-state index in [2.05, 4.69) is 39.5 Å². The maximum absolute atomic E-state index is 5.64. The molecule has 3 rings (SSSR count). The highest BCUT2D eigenvalue weighted by Crippen LogP contribution is 2.34. The number of aryl methyl sites for hydroxylation is 1. The number of nitrogens with two attached hydrogens (primary N) is 1. The largest absolute Gasteiger partial charge is 0.325 e. The first-order valence-corrected chi connectivity index (χ1v) is 7.26. The summed E-state index contributed by atoms with van der Waals surface area (Å²) >= 11 is 1.69. The molecule has 0 saturated heterocycles. The second-order valence-corrected chi connectivity index (χ2v) is 5.40.